The second kappa shape index (κ2) is 5.82. The molecule has 4 heteroatoms. The molecule has 94 valence electrons. The maximum absolute atomic E-state index is 11.1. The summed E-state index contributed by atoms with van der Waals surface area (Å²) in [5.41, 5.74) is 1.11. The van der Waals surface area contributed by atoms with E-state index in [1.807, 2.05) is 0 Å². The summed E-state index contributed by atoms with van der Waals surface area (Å²) in [4.78, 5) is 22.3. The van der Waals surface area contributed by atoms with Gasteiger partial charge in [-0.2, -0.15) is 0 Å². The van der Waals surface area contributed by atoms with Gasteiger partial charge in [0.15, 0.2) is 0 Å². The van der Waals surface area contributed by atoms with Crippen LogP contribution in [-0.4, -0.2) is 22.2 Å². The zero-order valence-corrected chi connectivity index (χ0v) is 9.85. The van der Waals surface area contributed by atoms with Crippen LogP contribution in [0, 0.1) is 0 Å². The molecule has 0 radical (unpaired) electrons. The zero-order chi connectivity index (χ0) is 13.7. The van der Waals surface area contributed by atoms with E-state index < -0.39 is 11.9 Å². The van der Waals surface area contributed by atoms with Crippen molar-refractivity contribution in [3.05, 3.63) is 59.7 Å². The molecule has 4 nitrogen and oxygen atoms in total. The molecule has 18 heavy (non-hydrogen) atoms. The Morgan fingerprint density at radius 2 is 1.28 bits per heavy atom. The molecule has 0 aliphatic carbocycles. The van der Waals surface area contributed by atoms with Crippen LogP contribution >= 0.6 is 0 Å². The number of hydrogen-bond acceptors (Lipinski definition) is 2. The lowest BCUT2D eigenvalue weighted by Crippen LogP contribution is -2.09. The summed E-state index contributed by atoms with van der Waals surface area (Å²) in [6.45, 7) is 7.07. The van der Waals surface area contributed by atoms with Gasteiger partial charge in [0.1, 0.15) is 0 Å². The zero-order valence-electron chi connectivity index (χ0n) is 9.85. The molecule has 0 heterocycles. The van der Waals surface area contributed by atoms with Gasteiger partial charge < -0.3 is 10.2 Å². The third-order valence-corrected chi connectivity index (χ3v) is 2.52. The van der Waals surface area contributed by atoms with E-state index in [9.17, 15) is 9.59 Å². The topological polar surface area (TPSA) is 74.6 Å². The predicted molar refractivity (Wildman–Crippen MR) is 68.2 cm³/mol. The summed E-state index contributed by atoms with van der Waals surface area (Å²) in [5, 5.41) is 18.2. The van der Waals surface area contributed by atoms with Crippen LogP contribution in [0.25, 0.3) is 0 Å². The average Bonchev–Trinajstić information content (AvgIpc) is 2.30. The molecule has 2 N–H and O–H groups in total. The van der Waals surface area contributed by atoms with E-state index in [1.165, 1.54) is 12.1 Å². The van der Waals surface area contributed by atoms with Crippen LogP contribution in [0.2, 0.25) is 0 Å². The first kappa shape index (κ1) is 13.7. The smallest absolute Gasteiger partial charge is 0.335 e. The minimum absolute atomic E-state index is 0.108. The van der Waals surface area contributed by atoms with Crippen LogP contribution in [0.3, 0.4) is 0 Å². The van der Waals surface area contributed by atoms with E-state index in [4.69, 9.17) is 10.2 Å². The molecule has 1 aromatic carbocycles. The van der Waals surface area contributed by atoms with Crippen LogP contribution in [0.5, 0.6) is 0 Å². The molecule has 0 unspecified atom stereocenters. The molecule has 0 saturated carbocycles. The van der Waals surface area contributed by atoms with Crippen molar-refractivity contribution >= 4 is 11.9 Å². The number of benzene rings is 1. The summed E-state index contributed by atoms with van der Waals surface area (Å²) in [5.74, 6) is -2.15. The van der Waals surface area contributed by atoms with Gasteiger partial charge in [0, 0.05) is 0 Å². The van der Waals surface area contributed by atoms with Crippen molar-refractivity contribution < 1.29 is 19.8 Å². The van der Waals surface area contributed by atoms with Gasteiger partial charge in [-0.05, 0) is 36.1 Å². The van der Waals surface area contributed by atoms with Crippen LogP contribution in [0.1, 0.15) is 31.8 Å². The highest BCUT2D eigenvalue weighted by atomic mass is 16.4. The van der Waals surface area contributed by atoms with Gasteiger partial charge in [-0.15, -0.1) is 13.2 Å². The SMILES string of the molecule is C=CCc1cc(C(=O)O)c(CC=C)cc1C(=O)O. The highest BCUT2D eigenvalue weighted by Gasteiger charge is 2.17. The Kier molecular flexibility index (Phi) is 4.43. The van der Waals surface area contributed by atoms with Gasteiger partial charge in [0.05, 0.1) is 11.1 Å². The van der Waals surface area contributed by atoms with Crippen molar-refractivity contribution in [2.75, 3.05) is 0 Å². The third kappa shape index (κ3) is 2.85. The number of hydrogen-bond donors (Lipinski definition) is 2. The predicted octanol–water partition coefficient (Wildman–Crippen LogP) is 2.54. The lowest BCUT2D eigenvalue weighted by Gasteiger charge is -2.10. The first-order valence-electron chi connectivity index (χ1n) is 5.35. The fourth-order valence-electron chi connectivity index (χ4n) is 1.74. The molecule has 0 aliphatic heterocycles. The number of carbonyl (C=O) groups is 2. The molecule has 1 aromatic rings. The molecule has 0 aliphatic rings. The van der Waals surface area contributed by atoms with E-state index in [-0.39, 0.29) is 11.1 Å². The Morgan fingerprint density at radius 1 is 0.944 bits per heavy atom. The first-order chi connectivity index (χ1) is 8.51. The Bertz CT molecular complexity index is 467. The maximum Gasteiger partial charge on any atom is 0.335 e. The Balaban J connectivity index is 3.48. The van der Waals surface area contributed by atoms with Gasteiger partial charge >= 0.3 is 11.9 Å². The molecule has 0 atom stereocenters. The Morgan fingerprint density at radius 3 is 1.50 bits per heavy atom. The van der Waals surface area contributed by atoms with Crippen molar-refractivity contribution in [2.24, 2.45) is 0 Å². The summed E-state index contributed by atoms with van der Waals surface area (Å²) < 4.78 is 0. The first-order valence-corrected chi connectivity index (χ1v) is 5.35. The largest absolute Gasteiger partial charge is 0.478 e. The van der Waals surface area contributed by atoms with Crippen molar-refractivity contribution in [1.29, 1.82) is 0 Å². The van der Waals surface area contributed by atoms with Crippen molar-refractivity contribution in [2.45, 2.75) is 12.8 Å². The molecule has 0 spiro atoms. The molecule has 0 saturated heterocycles. The van der Waals surface area contributed by atoms with E-state index in [2.05, 4.69) is 13.2 Å². The van der Waals surface area contributed by atoms with E-state index in [1.54, 1.807) is 12.2 Å². The van der Waals surface area contributed by atoms with Crippen LogP contribution in [0.4, 0.5) is 0 Å². The number of carboxylic acid groups (broad SMARTS) is 2. The molecular formula is C14H14O4. The fraction of sp³-hybridized carbons (Fsp3) is 0.143. The summed E-state index contributed by atoms with van der Waals surface area (Å²) in [7, 11) is 0. The van der Waals surface area contributed by atoms with E-state index >= 15 is 0 Å². The van der Waals surface area contributed by atoms with Gasteiger partial charge in [-0.25, -0.2) is 9.59 Å². The number of carboxylic acids is 2. The second-order valence-electron chi connectivity index (χ2n) is 3.76. The van der Waals surface area contributed by atoms with Gasteiger partial charge in [-0.1, -0.05) is 12.2 Å². The van der Waals surface area contributed by atoms with Crippen LogP contribution < -0.4 is 0 Å². The number of allylic oxidation sites excluding steroid dienone is 2. The van der Waals surface area contributed by atoms with Crippen LogP contribution in [-0.2, 0) is 12.8 Å². The highest BCUT2D eigenvalue weighted by Crippen LogP contribution is 2.19. The maximum atomic E-state index is 11.1. The standard InChI is InChI=1S/C14H14O4/c1-3-5-9-7-12(14(17)18)10(6-4-2)8-11(9)13(15)16/h3-4,7-8H,1-2,5-6H2,(H,15,16)(H,17,18). The lowest BCUT2D eigenvalue weighted by atomic mass is 9.95. The summed E-state index contributed by atoms with van der Waals surface area (Å²) >= 11 is 0. The molecule has 0 aromatic heterocycles. The highest BCUT2D eigenvalue weighted by molar-refractivity contribution is 5.94. The monoisotopic (exact) mass is 246 g/mol. The number of rotatable bonds is 6. The van der Waals surface area contributed by atoms with Crippen molar-refractivity contribution in [1.82, 2.24) is 0 Å². The molecule has 0 amide bonds. The van der Waals surface area contributed by atoms with Gasteiger partial charge in [0.2, 0.25) is 0 Å². The molecule has 1 rings (SSSR count). The minimum Gasteiger partial charge on any atom is -0.478 e. The average molecular weight is 246 g/mol. The molecular weight excluding hydrogens is 232 g/mol. The van der Waals surface area contributed by atoms with E-state index in [0.717, 1.165) is 0 Å². The Labute approximate surface area is 105 Å². The van der Waals surface area contributed by atoms with Crippen molar-refractivity contribution in [3.63, 3.8) is 0 Å². The summed E-state index contributed by atoms with van der Waals surface area (Å²) in [6.07, 6.45) is 3.72. The molecule has 0 bridgehead atoms. The van der Waals surface area contributed by atoms with Gasteiger partial charge in [-0.3, -0.25) is 0 Å². The second-order valence-corrected chi connectivity index (χ2v) is 3.76. The summed E-state index contributed by atoms with van der Waals surface area (Å²) in [6, 6.07) is 2.79. The normalized spacial score (nSPS) is 9.78. The minimum atomic E-state index is -1.07. The van der Waals surface area contributed by atoms with Crippen LogP contribution in [0.15, 0.2) is 37.4 Å². The molecule has 0 fully saturated rings. The third-order valence-electron chi connectivity index (χ3n) is 2.52. The van der Waals surface area contributed by atoms with E-state index in [0.29, 0.717) is 24.0 Å². The quantitative estimate of drug-likeness (QED) is 0.756. The fourth-order valence-corrected chi connectivity index (χ4v) is 1.74. The number of aromatic carboxylic acids is 2. The van der Waals surface area contributed by atoms with Crippen molar-refractivity contribution in [3.8, 4) is 0 Å². The Hall–Kier alpha value is -2.36. The van der Waals surface area contributed by atoms with Gasteiger partial charge in [0.25, 0.3) is 0 Å². The lowest BCUT2D eigenvalue weighted by molar-refractivity contribution is 0.0679.